The number of carbonyl (C=O) groups is 2. The van der Waals surface area contributed by atoms with Crippen LogP contribution in [0.2, 0.25) is 0 Å². The van der Waals surface area contributed by atoms with E-state index in [-0.39, 0.29) is 5.69 Å². The van der Waals surface area contributed by atoms with Gasteiger partial charge in [0.25, 0.3) is 0 Å². The molecule has 0 aliphatic carbocycles. The number of hydrogen-bond acceptors (Lipinski definition) is 4. The number of aromatic carboxylic acids is 1. The van der Waals surface area contributed by atoms with Crippen molar-refractivity contribution >= 4 is 17.7 Å². The number of anilines is 1. The highest BCUT2D eigenvalue weighted by atomic mass is 16.5. The van der Waals surface area contributed by atoms with Gasteiger partial charge < -0.3 is 9.84 Å². The van der Waals surface area contributed by atoms with E-state index >= 15 is 0 Å². The number of H-pyrrole nitrogens is 1. The number of hydrogen-bond donors (Lipinski definition) is 3. The summed E-state index contributed by atoms with van der Waals surface area (Å²) in [4.78, 5) is 21.7. The number of benzene rings is 1. The highest BCUT2D eigenvalue weighted by molar-refractivity contribution is 5.87. The van der Waals surface area contributed by atoms with Crippen LogP contribution >= 0.6 is 0 Å². The van der Waals surface area contributed by atoms with Crippen LogP contribution in [0.5, 0.6) is 0 Å². The van der Waals surface area contributed by atoms with Crippen LogP contribution in [0.4, 0.5) is 10.5 Å². The fourth-order valence-corrected chi connectivity index (χ4v) is 1.47. The third kappa shape index (κ3) is 2.89. The maximum absolute atomic E-state index is 11.0. The number of rotatable bonds is 3. The lowest BCUT2D eigenvalue weighted by molar-refractivity contribution is 0.0690. The van der Waals surface area contributed by atoms with Gasteiger partial charge in [-0.15, -0.1) is 0 Å². The summed E-state index contributed by atoms with van der Waals surface area (Å²) in [7, 11) is 1.28. The number of ether oxygens (including phenoxy) is 1. The molecule has 1 aromatic carbocycles. The Labute approximate surface area is 108 Å². The van der Waals surface area contributed by atoms with Crippen LogP contribution < -0.4 is 5.32 Å². The molecule has 3 N–H and O–H groups in total. The number of methoxy groups -OCH3 is 1. The van der Waals surface area contributed by atoms with Crippen LogP contribution in [0.25, 0.3) is 11.3 Å². The summed E-state index contributed by atoms with van der Waals surface area (Å²) in [5.74, 6) is -1.07. The zero-order chi connectivity index (χ0) is 13.8. The average Bonchev–Trinajstić information content (AvgIpc) is 2.89. The van der Waals surface area contributed by atoms with Crippen molar-refractivity contribution in [2.24, 2.45) is 0 Å². The van der Waals surface area contributed by atoms with Crippen LogP contribution in [0.1, 0.15) is 10.5 Å². The van der Waals surface area contributed by atoms with Crippen molar-refractivity contribution in [2.75, 3.05) is 12.4 Å². The number of carbonyl (C=O) groups excluding carboxylic acids is 1. The Hall–Kier alpha value is -2.83. The molecule has 0 aliphatic rings. The maximum atomic E-state index is 11.0. The molecular weight excluding hydrogens is 250 g/mol. The van der Waals surface area contributed by atoms with Gasteiger partial charge in [0.15, 0.2) is 0 Å². The predicted molar refractivity (Wildman–Crippen MR) is 67.0 cm³/mol. The molecule has 2 aromatic rings. The van der Waals surface area contributed by atoms with Crippen molar-refractivity contribution in [2.45, 2.75) is 0 Å². The van der Waals surface area contributed by atoms with Gasteiger partial charge in [-0.1, -0.05) is 12.1 Å². The molecule has 7 heteroatoms. The van der Waals surface area contributed by atoms with Crippen molar-refractivity contribution in [3.05, 3.63) is 36.0 Å². The zero-order valence-electron chi connectivity index (χ0n) is 10.0. The number of nitrogens with zero attached hydrogens (tertiary/aromatic N) is 1. The van der Waals surface area contributed by atoms with E-state index in [9.17, 15) is 9.59 Å². The molecular formula is C12H11N3O4. The molecule has 0 saturated carbocycles. The van der Waals surface area contributed by atoms with Gasteiger partial charge in [-0.05, 0) is 18.2 Å². The first-order valence-corrected chi connectivity index (χ1v) is 5.34. The lowest BCUT2D eigenvalue weighted by Crippen LogP contribution is -2.10. The second-order valence-electron chi connectivity index (χ2n) is 3.67. The summed E-state index contributed by atoms with van der Waals surface area (Å²) in [5, 5.41) is 17.6. The number of nitrogens with one attached hydrogen (secondary N) is 2. The summed E-state index contributed by atoms with van der Waals surface area (Å²) in [5.41, 5.74) is 1.84. The van der Waals surface area contributed by atoms with E-state index in [4.69, 9.17) is 5.11 Å². The number of carboxylic acid groups (broad SMARTS) is 1. The third-order valence-corrected chi connectivity index (χ3v) is 2.42. The second-order valence-corrected chi connectivity index (χ2v) is 3.67. The maximum Gasteiger partial charge on any atom is 0.411 e. The Morgan fingerprint density at radius 3 is 2.53 bits per heavy atom. The highest BCUT2D eigenvalue weighted by Crippen LogP contribution is 2.20. The van der Waals surface area contributed by atoms with Gasteiger partial charge in [0, 0.05) is 11.3 Å². The van der Waals surface area contributed by atoms with Crippen molar-refractivity contribution < 1.29 is 19.4 Å². The molecule has 98 valence electrons. The Kier molecular flexibility index (Phi) is 3.46. The normalized spacial score (nSPS) is 9.95. The SMILES string of the molecule is COC(=O)Nc1ccc(-c2cc(C(=O)O)[nH]n2)cc1. The molecule has 0 fully saturated rings. The lowest BCUT2D eigenvalue weighted by Gasteiger charge is -2.03. The lowest BCUT2D eigenvalue weighted by atomic mass is 10.1. The molecule has 1 aromatic heterocycles. The van der Waals surface area contributed by atoms with Crippen LogP contribution in [0.15, 0.2) is 30.3 Å². The van der Waals surface area contributed by atoms with Crippen LogP contribution in [-0.2, 0) is 4.74 Å². The Bertz CT molecular complexity index is 604. The highest BCUT2D eigenvalue weighted by Gasteiger charge is 2.09. The number of amides is 1. The summed E-state index contributed by atoms with van der Waals surface area (Å²) in [6, 6.07) is 8.20. The van der Waals surface area contributed by atoms with Gasteiger partial charge in [0.2, 0.25) is 0 Å². The van der Waals surface area contributed by atoms with Crippen molar-refractivity contribution in [3.63, 3.8) is 0 Å². The molecule has 0 bridgehead atoms. The van der Waals surface area contributed by atoms with Gasteiger partial charge in [-0.2, -0.15) is 5.10 Å². The Morgan fingerprint density at radius 1 is 1.32 bits per heavy atom. The fraction of sp³-hybridized carbons (Fsp3) is 0.0833. The van der Waals surface area contributed by atoms with E-state index in [1.54, 1.807) is 24.3 Å². The average molecular weight is 261 g/mol. The fourth-order valence-electron chi connectivity index (χ4n) is 1.47. The van der Waals surface area contributed by atoms with Gasteiger partial charge >= 0.3 is 12.1 Å². The minimum Gasteiger partial charge on any atom is -0.477 e. The van der Waals surface area contributed by atoms with E-state index in [0.29, 0.717) is 11.4 Å². The van der Waals surface area contributed by atoms with Crippen LogP contribution in [0.3, 0.4) is 0 Å². The van der Waals surface area contributed by atoms with Gasteiger partial charge in [0.1, 0.15) is 5.69 Å². The number of aromatic amines is 1. The number of carboxylic acids is 1. The standard InChI is InChI=1S/C12H11N3O4/c1-19-12(18)13-8-4-2-7(3-5-8)9-6-10(11(16)17)15-14-9/h2-6H,1H3,(H,13,18)(H,14,15)(H,16,17). The van der Waals surface area contributed by atoms with Crippen molar-refractivity contribution in [1.82, 2.24) is 10.2 Å². The second kappa shape index (κ2) is 5.21. The molecule has 1 amide bonds. The first-order chi connectivity index (χ1) is 9.10. The zero-order valence-corrected chi connectivity index (χ0v) is 10.0. The molecule has 0 atom stereocenters. The van der Waals surface area contributed by atoms with Gasteiger partial charge in [-0.25, -0.2) is 9.59 Å². The molecule has 0 aliphatic heterocycles. The predicted octanol–water partition coefficient (Wildman–Crippen LogP) is 1.95. The quantitative estimate of drug-likeness (QED) is 0.783. The molecule has 2 rings (SSSR count). The number of aromatic nitrogens is 2. The Balaban J connectivity index is 2.17. The minimum atomic E-state index is -1.07. The van der Waals surface area contributed by atoms with E-state index in [0.717, 1.165) is 5.56 Å². The molecule has 0 unspecified atom stereocenters. The van der Waals surface area contributed by atoms with E-state index in [2.05, 4.69) is 20.3 Å². The Morgan fingerprint density at radius 2 is 2.00 bits per heavy atom. The monoisotopic (exact) mass is 261 g/mol. The molecule has 19 heavy (non-hydrogen) atoms. The first-order valence-electron chi connectivity index (χ1n) is 5.34. The van der Waals surface area contributed by atoms with Crippen molar-refractivity contribution in [3.8, 4) is 11.3 Å². The molecule has 1 heterocycles. The minimum absolute atomic E-state index is 0.0202. The molecule has 7 nitrogen and oxygen atoms in total. The summed E-state index contributed by atoms with van der Waals surface area (Å²) >= 11 is 0. The molecule has 0 spiro atoms. The van der Waals surface area contributed by atoms with Gasteiger partial charge in [-0.3, -0.25) is 10.4 Å². The smallest absolute Gasteiger partial charge is 0.411 e. The summed E-state index contributed by atoms with van der Waals surface area (Å²) in [6.45, 7) is 0. The molecule has 0 radical (unpaired) electrons. The van der Waals surface area contributed by atoms with E-state index < -0.39 is 12.1 Å². The summed E-state index contributed by atoms with van der Waals surface area (Å²) in [6.07, 6.45) is -0.555. The largest absolute Gasteiger partial charge is 0.477 e. The molecule has 0 saturated heterocycles. The van der Waals surface area contributed by atoms with Crippen molar-refractivity contribution in [1.29, 1.82) is 0 Å². The third-order valence-electron chi connectivity index (χ3n) is 2.42. The first kappa shape index (κ1) is 12.6. The van der Waals surface area contributed by atoms with E-state index in [1.807, 2.05) is 0 Å². The van der Waals surface area contributed by atoms with E-state index in [1.165, 1.54) is 13.2 Å². The topological polar surface area (TPSA) is 104 Å². The van der Waals surface area contributed by atoms with Crippen LogP contribution in [-0.4, -0.2) is 34.5 Å². The summed E-state index contributed by atoms with van der Waals surface area (Å²) < 4.78 is 4.47. The van der Waals surface area contributed by atoms with Gasteiger partial charge in [0.05, 0.1) is 12.8 Å². The van der Waals surface area contributed by atoms with Crippen LogP contribution in [0, 0.1) is 0 Å².